The summed E-state index contributed by atoms with van der Waals surface area (Å²) >= 11 is 0. The molecule has 4 heteroatoms. The number of aliphatic hydroxyl groups excluding tert-OH is 1. The molecule has 0 saturated heterocycles. The summed E-state index contributed by atoms with van der Waals surface area (Å²) in [5, 5.41) is 8.90. The van der Waals surface area contributed by atoms with Gasteiger partial charge in [-0.3, -0.25) is 10.2 Å². The molecular weight excluding hydrogens is 144 g/mol. The van der Waals surface area contributed by atoms with Gasteiger partial charge in [0.25, 0.3) is 5.91 Å². The van der Waals surface area contributed by atoms with Crippen LogP contribution in [0.3, 0.4) is 0 Å². The Labute approximate surface area is 66.3 Å². The van der Waals surface area contributed by atoms with E-state index in [1.807, 2.05) is 13.8 Å². The van der Waals surface area contributed by atoms with Gasteiger partial charge in [-0.1, -0.05) is 13.8 Å². The second-order valence-corrected chi connectivity index (χ2v) is 1.92. The fraction of sp³-hybridized carbons (Fsp3) is 0.571. The minimum absolute atomic E-state index is 0.224. The Morgan fingerprint density at radius 1 is 1.55 bits per heavy atom. The maximum absolute atomic E-state index is 10.5. The first-order chi connectivity index (χ1) is 5.20. The highest BCUT2D eigenvalue weighted by Gasteiger charge is 2.12. The highest BCUT2D eigenvalue weighted by molar-refractivity contribution is 5.88. The van der Waals surface area contributed by atoms with Crippen LogP contribution in [-0.2, 0) is 4.79 Å². The molecule has 11 heavy (non-hydrogen) atoms. The van der Waals surface area contributed by atoms with Gasteiger partial charge in [0.05, 0.1) is 0 Å². The zero-order valence-corrected chi connectivity index (χ0v) is 7.01. The summed E-state index contributed by atoms with van der Waals surface area (Å²) in [6.45, 7) is 5.68. The molecule has 0 spiro atoms. The fourth-order valence-electron chi connectivity index (χ4n) is 0.575. The van der Waals surface area contributed by atoms with Crippen molar-refractivity contribution in [2.75, 3.05) is 0 Å². The van der Waals surface area contributed by atoms with E-state index in [9.17, 15) is 4.79 Å². The van der Waals surface area contributed by atoms with Crippen molar-refractivity contribution < 1.29 is 9.90 Å². The lowest BCUT2D eigenvalue weighted by Gasteiger charge is -2.17. The number of carbonyl (C=O) groups excluding carboxylic acids is 1. The lowest BCUT2D eigenvalue weighted by atomic mass is 10.2. The van der Waals surface area contributed by atoms with Gasteiger partial charge in [-0.2, -0.15) is 0 Å². The van der Waals surface area contributed by atoms with E-state index >= 15 is 0 Å². The van der Waals surface area contributed by atoms with E-state index in [-0.39, 0.29) is 5.91 Å². The van der Waals surface area contributed by atoms with Crippen LogP contribution in [0.25, 0.3) is 0 Å². The van der Waals surface area contributed by atoms with Crippen molar-refractivity contribution in [3.8, 4) is 0 Å². The topological polar surface area (TPSA) is 61.4 Å². The summed E-state index contributed by atoms with van der Waals surface area (Å²) < 4.78 is 0. The number of aliphatic hydroxyl groups is 1. The molecule has 1 amide bonds. The van der Waals surface area contributed by atoms with Gasteiger partial charge in [0.2, 0.25) is 0 Å². The highest BCUT2D eigenvalue weighted by atomic mass is 16.3. The number of hydrogen-bond acceptors (Lipinski definition) is 3. The Hall–Kier alpha value is -0.870. The van der Waals surface area contributed by atoms with Gasteiger partial charge in [-0.05, 0) is 12.5 Å². The predicted molar refractivity (Wildman–Crippen MR) is 42.4 cm³/mol. The summed E-state index contributed by atoms with van der Waals surface area (Å²) in [5.74, 6) is -0.224. The summed E-state index contributed by atoms with van der Waals surface area (Å²) in [5.41, 5.74) is 5.24. The molecule has 0 fully saturated rings. The molecule has 1 aliphatic heterocycles. The van der Waals surface area contributed by atoms with E-state index in [1.165, 1.54) is 6.08 Å². The average Bonchev–Trinajstić information content (AvgIpc) is 2.02. The fourth-order valence-corrected chi connectivity index (χ4v) is 0.575. The summed E-state index contributed by atoms with van der Waals surface area (Å²) in [4.78, 5) is 10.5. The monoisotopic (exact) mass is 158 g/mol. The number of hydrazine groups is 1. The van der Waals surface area contributed by atoms with Crippen molar-refractivity contribution in [2.45, 2.75) is 27.0 Å². The molecule has 0 aromatic carbocycles. The molecule has 1 aliphatic rings. The van der Waals surface area contributed by atoms with Crippen molar-refractivity contribution in [3.05, 3.63) is 11.6 Å². The molecule has 4 nitrogen and oxygen atoms in total. The molecule has 0 bridgehead atoms. The number of hydrogen-bond donors (Lipinski definition) is 3. The highest BCUT2D eigenvalue weighted by Crippen LogP contribution is 1.99. The van der Waals surface area contributed by atoms with E-state index in [0.717, 1.165) is 0 Å². The van der Waals surface area contributed by atoms with Crippen LogP contribution in [0.1, 0.15) is 20.8 Å². The molecule has 3 N–H and O–H groups in total. The first kappa shape index (κ1) is 10.1. The molecule has 0 radical (unpaired) electrons. The standard InChI is InChI=1S/C5H8N2O2.C2H6/c1-3-2-4(8)6-7-5(3)9;1-2/h2,5,7,9H,1H3,(H,6,8);1-2H3. The van der Waals surface area contributed by atoms with Crippen molar-refractivity contribution in [1.29, 1.82) is 0 Å². The van der Waals surface area contributed by atoms with Crippen LogP contribution in [0.15, 0.2) is 11.6 Å². The normalized spacial score (nSPS) is 22.7. The van der Waals surface area contributed by atoms with Crippen LogP contribution in [0, 0.1) is 0 Å². The number of nitrogens with one attached hydrogen (secondary N) is 2. The van der Waals surface area contributed by atoms with Crippen molar-refractivity contribution in [2.24, 2.45) is 0 Å². The van der Waals surface area contributed by atoms with Gasteiger partial charge in [0, 0.05) is 6.08 Å². The third kappa shape index (κ3) is 3.15. The van der Waals surface area contributed by atoms with Gasteiger partial charge in [-0.25, -0.2) is 5.43 Å². The minimum Gasteiger partial charge on any atom is -0.373 e. The number of rotatable bonds is 0. The summed E-state index contributed by atoms with van der Waals surface area (Å²) in [6, 6.07) is 0. The third-order valence-electron chi connectivity index (χ3n) is 1.12. The Kier molecular flexibility index (Phi) is 4.49. The van der Waals surface area contributed by atoms with Crippen LogP contribution >= 0.6 is 0 Å². The van der Waals surface area contributed by atoms with E-state index in [4.69, 9.17) is 5.11 Å². The first-order valence-electron chi connectivity index (χ1n) is 3.62. The summed E-state index contributed by atoms with van der Waals surface area (Å²) in [7, 11) is 0. The Morgan fingerprint density at radius 3 is 2.45 bits per heavy atom. The van der Waals surface area contributed by atoms with Crippen molar-refractivity contribution in [1.82, 2.24) is 10.9 Å². The van der Waals surface area contributed by atoms with Gasteiger partial charge in [0.15, 0.2) is 0 Å². The lowest BCUT2D eigenvalue weighted by molar-refractivity contribution is -0.119. The van der Waals surface area contributed by atoms with Crippen LogP contribution in [0.2, 0.25) is 0 Å². The van der Waals surface area contributed by atoms with Crippen molar-refractivity contribution in [3.63, 3.8) is 0 Å². The second kappa shape index (κ2) is 4.87. The van der Waals surface area contributed by atoms with Crippen LogP contribution in [0.4, 0.5) is 0 Å². The molecular formula is C7H14N2O2. The number of amides is 1. The van der Waals surface area contributed by atoms with E-state index in [2.05, 4.69) is 10.9 Å². The molecule has 0 aromatic rings. The average molecular weight is 158 g/mol. The van der Waals surface area contributed by atoms with Gasteiger partial charge in [0.1, 0.15) is 6.23 Å². The second-order valence-electron chi connectivity index (χ2n) is 1.92. The van der Waals surface area contributed by atoms with E-state index in [0.29, 0.717) is 5.57 Å². The van der Waals surface area contributed by atoms with Gasteiger partial charge >= 0.3 is 0 Å². The Morgan fingerprint density at radius 2 is 2.09 bits per heavy atom. The van der Waals surface area contributed by atoms with Gasteiger partial charge in [-0.15, -0.1) is 0 Å². The zero-order valence-electron chi connectivity index (χ0n) is 7.01. The Bertz CT molecular complexity index is 166. The number of carbonyl (C=O) groups is 1. The van der Waals surface area contributed by atoms with Crippen LogP contribution in [-0.4, -0.2) is 17.2 Å². The molecule has 0 saturated carbocycles. The quantitative estimate of drug-likeness (QED) is 0.462. The zero-order chi connectivity index (χ0) is 8.85. The van der Waals surface area contributed by atoms with E-state index < -0.39 is 6.23 Å². The van der Waals surface area contributed by atoms with Crippen molar-refractivity contribution >= 4 is 5.91 Å². The molecule has 1 unspecified atom stereocenters. The predicted octanol–water partition coefficient (Wildman–Crippen LogP) is -0.0883. The maximum Gasteiger partial charge on any atom is 0.258 e. The van der Waals surface area contributed by atoms with Crippen LogP contribution < -0.4 is 10.9 Å². The smallest absolute Gasteiger partial charge is 0.258 e. The molecule has 1 atom stereocenters. The maximum atomic E-state index is 10.5. The third-order valence-corrected chi connectivity index (χ3v) is 1.12. The molecule has 0 aromatic heterocycles. The largest absolute Gasteiger partial charge is 0.373 e. The molecule has 1 rings (SSSR count). The van der Waals surface area contributed by atoms with E-state index in [1.54, 1.807) is 6.92 Å². The molecule has 64 valence electrons. The molecule has 1 heterocycles. The first-order valence-corrected chi connectivity index (χ1v) is 3.62. The van der Waals surface area contributed by atoms with Crippen LogP contribution in [0.5, 0.6) is 0 Å². The Balaban J connectivity index is 0.000000461. The molecule has 0 aliphatic carbocycles. The lowest BCUT2D eigenvalue weighted by Crippen LogP contribution is -2.47. The SMILES string of the molecule is CC.CC1=CC(=O)NNC1O. The minimum atomic E-state index is -0.734. The van der Waals surface area contributed by atoms with Gasteiger partial charge < -0.3 is 5.11 Å². The summed E-state index contributed by atoms with van der Waals surface area (Å²) in [6.07, 6.45) is 0.615.